The average Bonchev–Trinajstić information content (AvgIpc) is 3.03. The van der Waals surface area contributed by atoms with Gasteiger partial charge in [0.15, 0.2) is 4.32 Å². The minimum atomic E-state index is -0.0618. The molecule has 1 saturated heterocycles. The summed E-state index contributed by atoms with van der Waals surface area (Å²) >= 11 is 6.73. The van der Waals surface area contributed by atoms with Crippen LogP contribution in [0, 0.1) is 13.8 Å². The second-order valence-corrected chi connectivity index (χ2v) is 6.61. The summed E-state index contributed by atoms with van der Waals surface area (Å²) in [4.78, 5) is 18.0. The summed E-state index contributed by atoms with van der Waals surface area (Å²) in [5.41, 5.74) is 3.92. The third-order valence-electron chi connectivity index (χ3n) is 3.31. The van der Waals surface area contributed by atoms with Gasteiger partial charge in [-0.3, -0.25) is 9.69 Å². The number of aryl methyl sites for hydroxylation is 2. The van der Waals surface area contributed by atoms with Gasteiger partial charge < -0.3 is 4.98 Å². The van der Waals surface area contributed by atoms with Crippen molar-refractivity contribution in [1.82, 2.24) is 4.98 Å². The molecule has 3 nitrogen and oxygen atoms in total. The van der Waals surface area contributed by atoms with Crippen LogP contribution in [0.4, 0.5) is 5.69 Å². The van der Waals surface area contributed by atoms with Crippen LogP contribution in [0.1, 0.15) is 16.8 Å². The summed E-state index contributed by atoms with van der Waals surface area (Å²) in [6.45, 7) is 4.00. The van der Waals surface area contributed by atoms with Crippen LogP contribution in [-0.2, 0) is 4.79 Å². The first-order valence-electron chi connectivity index (χ1n) is 6.55. The molecule has 0 bridgehead atoms. The molecule has 1 N–H and O–H groups in total. The van der Waals surface area contributed by atoms with Crippen molar-refractivity contribution in [1.29, 1.82) is 0 Å². The summed E-state index contributed by atoms with van der Waals surface area (Å²) in [5.74, 6) is -0.0618. The highest BCUT2D eigenvalue weighted by Gasteiger charge is 2.34. The van der Waals surface area contributed by atoms with E-state index in [2.05, 4.69) is 4.98 Å². The molecule has 0 spiro atoms. The molecule has 0 radical (unpaired) electrons. The topological polar surface area (TPSA) is 36.1 Å². The van der Waals surface area contributed by atoms with Gasteiger partial charge in [0.1, 0.15) is 0 Å². The lowest BCUT2D eigenvalue weighted by molar-refractivity contribution is -0.113. The minimum Gasteiger partial charge on any atom is -0.362 e. The van der Waals surface area contributed by atoms with Gasteiger partial charge in [0.25, 0.3) is 5.91 Å². The fourth-order valence-electron chi connectivity index (χ4n) is 2.21. The second-order valence-electron chi connectivity index (χ2n) is 4.93. The first-order chi connectivity index (χ1) is 10.1. The molecule has 0 unspecified atom stereocenters. The first kappa shape index (κ1) is 14.1. The van der Waals surface area contributed by atoms with Crippen molar-refractivity contribution in [3.05, 3.63) is 58.3 Å². The van der Waals surface area contributed by atoms with Crippen LogP contribution in [0.5, 0.6) is 0 Å². The molecule has 1 aliphatic rings. The van der Waals surface area contributed by atoms with E-state index >= 15 is 0 Å². The van der Waals surface area contributed by atoms with Crippen LogP contribution in [0.15, 0.2) is 41.4 Å². The molecule has 1 aliphatic heterocycles. The van der Waals surface area contributed by atoms with Gasteiger partial charge in [-0.15, -0.1) is 0 Å². The highest BCUT2D eigenvalue weighted by molar-refractivity contribution is 8.27. The molecule has 5 heteroatoms. The highest BCUT2D eigenvalue weighted by atomic mass is 32.2. The molecule has 2 aromatic rings. The van der Waals surface area contributed by atoms with Gasteiger partial charge in [-0.05, 0) is 49.2 Å². The zero-order valence-corrected chi connectivity index (χ0v) is 13.3. The van der Waals surface area contributed by atoms with E-state index in [1.165, 1.54) is 11.8 Å². The van der Waals surface area contributed by atoms with E-state index in [9.17, 15) is 4.79 Å². The maximum atomic E-state index is 12.6. The molecule has 0 saturated carbocycles. The van der Waals surface area contributed by atoms with E-state index in [1.807, 2.05) is 56.5 Å². The molecule has 1 amide bonds. The van der Waals surface area contributed by atoms with Crippen molar-refractivity contribution >= 4 is 46.0 Å². The fourth-order valence-corrected chi connectivity index (χ4v) is 3.49. The van der Waals surface area contributed by atoms with E-state index in [-0.39, 0.29) is 5.91 Å². The van der Waals surface area contributed by atoms with Crippen molar-refractivity contribution in [2.45, 2.75) is 13.8 Å². The summed E-state index contributed by atoms with van der Waals surface area (Å²) in [6.07, 6.45) is 3.67. The standard InChI is InChI=1S/C16H14N2OS2/c1-10-5-6-11(2)13(8-10)18-15(19)14(21-16(18)20)9-12-4-3-7-17-12/h3-9,17H,1-2H3/b14-9+. The number of nitrogens with zero attached hydrogens (tertiary/aromatic N) is 1. The van der Waals surface area contributed by atoms with Gasteiger partial charge >= 0.3 is 0 Å². The van der Waals surface area contributed by atoms with Gasteiger partial charge in [0.05, 0.1) is 10.6 Å². The maximum Gasteiger partial charge on any atom is 0.270 e. The number of thiocarbonyl (C=S) groups is 1. The van der Waals surface area contributed by atoms with Crippen LogP contribution >= 0.6 is 24.0 Å². The lowest BCUT2D eigenvalue weighted by atomic mass is 10.1. The summed E-state index contributed by atoms with van der Waals surface area (Å²) in [7, 11) is 0. The van der Waals surface area contributed by atoms with Crippen molar-refractivity contribution < 1.29 is 4.79 Å². The number of anilines is 1. The summed E-state index contributed by atoms with van der Waals surface area (Å²) in [6, 6.07) is 9.86. The molecular formula is C16H14N2OS2. The van der Waals surface area contributed by atoms with Gasteiger partial charge in [-0.1, -0.05) is 36.1 Å². The molecule has 1 fully saturated rings. The lowest BCUT2D eigenvalue weighted by Gasteiger charge is -2.17. The Kier molecular flexibility index (Phi) is 3.69. The van der Waals surface area contributed by atoms with Gasteiger partial charge in [-0.25, -0.2) is 0 Å². The summed E-state index contributed by atoms with van der Waals surface area (Å²) in [5, 5.41) is 0. The SMILES string of the molecule is Cc1ccc(C)c(N2C(=O)/C(=C\c3ccc[nH]3)SC2=S)c1. The highest BCUT2D eigenvalue weighted by Crippen LogP contribution is 2.37. The second kappa shape index (κ2) is 5.50. The third-order valence-corrected chi connectivity index (χ3v) is 4.61. The number of hydrogen-bond acceptors (Lipinski definition) is 3. The van der Waals surface area contributed by atoms with E-state index in [0.717, 1.165) is 22.5 Å². The van der Waals surface area contributed by atoms with Crippen molar-refractivity contribution in [2.24, 2.45) is 0 Å². The van der Waals surface area contributed by atoms with E-state index < -0.39 is 0 Å². The molecule has 0 atom stereocenters. The molecule has 3 rings (SSSR count). The van der Waals surface area contributed by atoms with Crippen molar-refractivity contribution in [3.63, 3.8) is 0 Å². The Morgan fingerprint density at radius 2 is 2.10 bits per heavy atom. The van der Waals surface area contributed by atoms with Crippen LogP contribution < -0.4 is 4.90 Å². The number of amides is 1. The van der Waals surface area contributed by atoms with Gasteiger partial charge in [0, 0.05) is 11.9 Å². The minimum absolute atomic E-state index is 0.0618. The molecule has 106 valence electrons. The smallest absolute Gasteiger partial charge is 0.270 e. The Labute approximate surface area is 133 Å². The van der Waals surface area contributed by atoms with Gasteiger partial charge in [-0.2, -0.15) is 0 Å². The Morgan fingerprint density at radius 3 is 2.81 bits per heavy atom. The molecular weight excluding hydrogens is 300 g/mol. The van der Waals surface area contributed by atoms with E-state index in [1.54, 1.807) is 4.90 Å². The first-order valence-corrected chi connectivity index (χ1v) is 7.77. The van der Waals surface area contributed by atoms with Crippen LogP contribution in [0.25, 0.3) is 6.08 Å². The number of carbonyl (C=O) groups is 1. The molecule has 21 heavy (non-hydrogen) atoms. The number of aromatic nitrogens is 1. The molecule has 1 aromatic carbocycles. The van der Waals surface area contributed by atoms with Crippen LogP contribution in [0.3, 0.4) is 0 Å². The Balaban J connectivity index is 2.00. The third kappa shape index (κ3) is 2.66. The van der Waals surface area contributed by atoms with E-state index in [0.29, 0.717) is 9.23 Å². The largest absolute Gasteiger partial charge is 0.362 e. The zero-order valence-electron chi connectivity index (χ0n) is 11.7. The summed E-state index contributed by atoms with van der Waals surface area (Å²) < 4.78 is 0.575. The maximum absolute atomic E-state index is 12.6. The fraction of sp³-hybridized carbons (Fsp3) is 0.125. The number of nitrogens with one attached hydrogen (secondary N) is 1. The number of hydrogen-bond donors (Lipinski definition) is 1. The monoisotopic (exact) mass is 314 g/mol. The average molecular weight is 314 g/mol. The zero-order chi connectivity index (χ0) is 15.0. The van der Waals surface area contributed by atoms with Crippen molar-refractivity contribution in [2.75, 3.05) is 4.90 Å². The normalized spacial score (nSPS) is 17.0. The lowest BCUT2D eigenvalue weighted by Crippen LogP contribution is -2.28. The van der Waals surface area contributed by atoms with Crippen LogP contribution in [-0.4, -0.2) is 15.2 Å². The molecule has 0 aliphatic carbocycles. The predicted octanol–water partition coefficient (Wildman–Crippen LogP) is 4.04. The van der Waals surface area contributed by atoms with Crippen molar-refractivity contribution in [3.8, 4) is 0 Å². The number of H-pyrrole nitrogens is 1. The van der Waals surface area contributed by atoms with E-state index in [4.69, 9.17) is 12.2 Å². The quantitative estimate of drug-likeness (QED) is 0.671. The Morgan fingerprint density at radius 1 is 1.29 bits per heavy atom. The Hall–Kier alpha value is -1.85. The number of thioether (sulfide) groups is 1. The van der Waals surface area contributed by atoms with Gasteiger partial charge in [0.2, 0.25) is 0 Å². The Bertz CT molecular complexity index is 748. The number of benzene rings is 1. The van der Waals surface area contributed by atoms with Crippen LogP contribution in [0.2, 0.25) is 0 Å². The molecule has 1 aromatic heterocycles. The number of carbonyl (C=O) groups excluding carboxylic acids is 1. The number of rotatable bonds is 2. The molecule has 2 heterocycles. The number of aromatic amines is 1. The predicted molar refractivity (Wildman–Crippen MR) is 92.4 cm³/mol.